The zero-order valence-electron chi connectivity index (χ0n) is 10.1. The van der Waals surface area contributed by atoms with Crippen LogP contribution in [-0.2, 0) is 9.53 Å². The lowest BCUT2D eigenvalue weighted by molar-refractivity contribution is -0.144. The molecule has 1 aromatic rings. The zero-order valence-corrected chi connectivity index (χ0v) is 11.7. The van der Waals surface area contributed by atoms with Crippen molar-refractivity contribution in [2.45, 2.75) is 13.0 Å². The molecule has 1 aromatic heterocycles. The Balaban J connectivity index is 2.17. The summed E-state index contributed by atoms with van der Waals surface area (Å²) in [7, 11) is 0. The van der Waals surface area contributed by atoms with Crippen molar-refractivity contribution >= 4 is 27.8 Å². The largest absolute Gasteiger partial charge is 0.464 e. The number of halogens is 1. The first-order valence-corrected chi connectivity index (χ1v) is 6.63. The Morgan fingerprint density at radius 1 is 1.61 bits per heavy atom. The van der Waals surface area contributed by atoms with E-state index < -0.39 is 0 Å². The van der Waals surface area contributed by atoms with Crippen molar-refractivity contribution in [2.24, 2.45) is 0 Å². The summed E-state index contributed by atoms with van der Waals surface area (Å²) in [6, 6.07) is -0.361. The molecule has 6 nitrogen and oxygen atoms in total. The Hall–Kier alpha value is -1.21. The van der Waals surface area contributed by atoms with Crippen LogP contribution in [-0.4, -0.2) is 48.2 Å². The summed E-state index contributed by atoms with van der Waals surface area (Å²) in [6.45, 7) is 4.22. The lowest BCUT2D eigenvalue weighted by atomic mass is 10.2. The third-order valence-corrected chi connectivity index (χ3v) is 3.08. The molecule has 0 amide bonds. The van der Waals surface area contributed by atoms with Crippen LogP contribution in [0.1, 0.15) is 6.92 Å². The minimum atomic E-state index is -0.361. The van der Waals surface area contributed by atoms with Crippen molar-refractivity contribution in [1.82, 2.24) is 15.3 Å². The molecule has 7 heteroatoms. The van der Waals surface area contributed by atoms with Crippen LogP contribution in [0.5, 0.6) is 0 Å². The van der Waals surface area contributed by atoms with Gasteiger partial charge < -0.3 is 15.0 Å². The molecular formula is C11H15BrN4O2. The van der Waals surface area contributed by atoms with E-state index >= 15 is 0 Å². The first-order valence-electron chi connectivity index (χ1n) is 5.84. The van der Waals surface area contributed by atoms with Crippen LogP contribution in [0.4, 0.5) is 5.95 Å². The van der Waals surface area contributed by atoms with Crippen LogP contribution < -0.4 is 10.2 Å². The average Bonchev–Trinajstić information content (AvgIpc) is 2.40. The van der Waals surface area contributed by atoms with Gasteiger partial charge in [-0.15, -0.1) is 0 Å². The maximum atomic E-state index is 11.9. The van der Waals surface area contributed by atoms with Gasteiger partial charge in [-0.2, -0.15) is 0 Å². The molecule has 0 spiro atoms. The fourth-order valence-electron chi connectivity index (χ4n) is 1.85. The van der Waals surface area contributed by atoms with Crippen molar-refractivity contribution in [3.8, 4) is 0 Å². The SMILES string of the molecule is CCOC(=O)C1CNCCN1c1ncc(Br)cn1. The molecule has 1 saturated heterocycles. The molecule has 1 fully saturated rings. The number of carbonyl (C=O) groups excluding carboxylic acids is 1. The van der Waals surface area contributed by atoms with Gasteiger partial charge in [0, 0.05) is 32.0 Å². The second kappa shape index (κ2) is 6.10. The zero-order chi connectivity index (χ0) is 13.0. The first-order chi connectivity index (χ1) is 8.72. The van der Waals surface area contributed by atoms with Crippen LogP contribution in [0.15, 0.2) is 16.9 Å². The van der Waals surface area contributed by atoms with E-state index in [1.165, 1.54) is 0 Å². The lowest BCUT2D eigenvalue weighted by Crippen LogP contribution is -2.56. The lowest BCUT2D eigenvalue weighted by Gasteiger charge is -2.34. The summed E-state index contributed by atoms with van der Waals surface area (Å²) in [5.41, 5.74) is 0. The topological polar surface area (TPSA) is 67.3 Å². The Morgan fingerprint density at radius 2 is 2.33 bits per heavy atom. The molecule has 0 aliphatic carbocycles. The van der Waals surface area contributed by atoms with E-state index in [0.29, 0.717) is 25.6 Å². The number of aromatic nitrogens is 2. The van der Waals surface area contributed by atoms with Gasteiger partial charge in [0.1, 0.15) is 6.04 Å². The molecular weight excluding hydrogens is 300 g/mol. The Bertz CT molecular complexity index is 412. The van der Waals surface area contributed by atoms with Gasteiger partial charge in [0.25, 0.3) is 0 Å². The highest BCUT2D eigenvalue weighted by molar-refractivity contribution is 9.10. The predicted molar refractivity (Wildman–Crippen MR) is 70.4 cm³/mol. The first kappa shape index (κ1) is 13.2. The molecule has 98 valence electrons. The smallest absolute Gasteiger partial charge is 0.330 e. The number of piperazine rings is 1. The monoisotopic (exact) mass is 314 g/mol. The van der Waals surface area contributed by atoms with E-state index in [0.717, 1.165) is 11.0 Å². The number of esters is 1. The third kappa shape index (κ3) is 2.97. The Labute approximate surface area is 114 Å². The molecule has 1 aliphatic heterocycles. The molecule has 2 heterocycles. The number of hydrogen-bond donors (Lipinski definition) is 1. The third-order valence-electron chi connectivity index (χ3n) is 2.67. The van der Waals surface area contributed by atoms with Gasteiger partial charge in [-0.3, -0.25) is 0 Å². The Kier molecular flexibility index (Phi) is 4.48. The molecule has 0 saturated carbocycles. The minimum Gasteiger partial charge on any atom is -0.464 e. The van der Waals surface area contributed by atoms with Gasteiger partial charge in [-0.1, -0.05) is 0 Å². The second-order valence-electron chi connectivity index (χ2n) is 3.87. The van der Waals surface area contributed by atoms with Gasteiger partial charge in [-0.25, -0.2) is 14.8 Å². The van der Waals surface area contributed by atoms with Gasteiger partial charge in [-0.05, 0) is 22.9 Å². The predicted octanol–water partition coefficient (Wildman–Crippen LogP) is 0.580. The van der Waals surface area contributed by atoms with Crippen molar-refractivity contribution < 1.29 is 9.53 Å². The fourth-order valence-corrected chi connectivity index (χ4v) is 2.05. The molecule has 18 heavy (non-hydrogen) atoms. The van der Waals surface area contributed by atoms with Gasteiger partial charge in [0.2, 0.25) is 5.95 Å². The van der Waals surface area contributed by atoms with Crippen LogP contribution in [0.3, 0.4) is 0 Å². The normalized spacial score (nSPS) is 19.7. The molecule has 0 bridgehead atoms. The number of ether oxygens (including phenoxy) is 1. The number of nitrogens with zero attached hydrogens (tertiary/aromatic N) is 3. The second-order valence-corrected chi connectivity index (χ2v) is 4.78. The highest BCUT2D eigenvalue weighted by atomic mass is 79.9. The number of hydrogen-bond acceptors (Lipinski definition) is 6. The van der Waals surface area contributed by atoms with E-state index in [-0.39, 0.29) is 12.0 Å². The highest BCUT2D eigenvalue weighted by Crippen LogP contribution is 2.15. The summed E-state index contributed by atoms with van der Waals surface area (Å²) in [5, 5.41) is 3.18. The van der Waals surface area contributed by atoms with E-state index in [4.69, 9.17) is 4.74 Å². The molecule has 0 aromatic carbocycles. The van der Waals surface area contributed by atoms with E-state index in [1.807, 2.05) is 4.90 Å². The minimum absolute atomic E-state index is 0.240. The van der Waals surface area contributed by atoms with Crippen LogP contribution >= 0.6 is 15.9 Å². The van der Waals surface area contributed by atoms with Crippen LogP contribution in [0, 0.1) is 0 Å². The number of rotatable bonds is 3. The van der Waals surface area contributed by atoms with Crippen molar-refractivity contribution in [2.75, 3.05) is 31.1 Å². The summed E-state index contributed by atoms with van der Waals surface area (Å²) in [6.07, 6.45) is 3.35. The highest BCUT2D eigenvalue weighted by Gasteiger charge is 2.31. The molecule has 1 N–H and O–H groups in total. The van der Waals surface area contributed by atoms with Crippen LogP contribution in [0.2, 0.25) is 0 Å². The summed E-state index contributed by atoms with van der Waals surface area (Å²) < 4.78 is 5.89. The molecule has 0 radical (unpaired) electrons. The van der Waals surface area contributed by atoms with E-state index in [2.05, 4.69) is 31.2 Å². The van der Waals surface area contributed by atoms with Gasteiger partial charge >= 0.3 is 5.97 Å². The van der Waals surface area contributed by atoms with Gasteiger partial charge in [0.05, 0.1) is 11.1 Å². The fraction of sp³-hybridized carbons (Fsp3) is 0.545. The van der Waals surface area contributed by atoms with Crippen LogP contribution in [0.25, 0.3) is 0 Å². The van der Waals surface area contributed by atoms with Crippen molar-refractivity contribution in [1.29, 1.82) is 0 Å². The van der Waals surface area contributed by atoms with E-state index in [9.17, 15) is 4.79 Å². The van der Waals surface area contributed by atoms with Crippen molar-refractivity contribution in [3.63, 3.8) is 0 Å². The molecule has 1 aliphatic rings. The number of nitrogens with one attached hydrogen (secondary N) is 1. The number of carbonyl (C=O) groups is 1. The molecule has 1 atom stereocenters. The van der Waals surface area contributed by atoms with E-state index in [1.54, 1.807) is 19.3 Å². The van der Waals surface area contributed by atoms with Crippen molar-refractivity contribution in [3.05, 3.63) is 16.9 Å². The van der Waals surface area contributed by atoms with Gasteiger partial charge in [0.15, 0.2) is 0 Å². The average molecular weight is 315 g/mol. The summed E-state index contributed by atoms with van der Waals surface area (Å²) >= 11 is 3.29. The standard InChI is InChI=1S/C11H15BrN4O2/c1-2-18-10(17)9-7-13-3-4-16(9)11-14-5-8(12)6-15-11/h5-6,9,13H,2-4,7H2,1H3. The summed E-state index contributed by atoms with van der Waals surface area (Å²) in [5.74, 6) is 0.314. The number of anilines is 1. The summed E-state index contributed by atoms with van der Waals surface area (Å²) in [4.78, 5) is 22.2. The molecule has 2 rings (SSSR count). The maximum Gasteiger partial charge on any atom is 0.330 e. The Morgan fingerprint density at radius 3 is 3.00 bits per heavy atom. The maximum absolute atomic E-state index is 11.9. The quantitative estimate of drug-likeness (QED) is 0.823. The molecule has 1 unspecified atom stereocenters.